The van der Waals surface area contributed by atoms with E-state index in [0.29, 0.717) is 45.4 Å². The number of ether oxygens (including phenoxy) is 2. The van der Waals surface area contributed by atoms with E-state index in [1.54, 1.807) is 18.5 Å². The molecule has 1 spiro atoms. The van der Waals surface area contributed by atoms with Gasteiger partial charge in [0.2, 0.25) is 11.9 Å². The first kappa shape index (κ1) is 16.5. The highest BCUT2D eigenvalue weighted by Gasteiger charge is 2.43. The molecule has 3 aliphatic rings. The van der Waals surface area contributed by atoms with Crippen LogP contribution in [0.25, 0.3) is 0 Å². The van der Waals surface area contributed by atoms with E-state index >= 15 is 0 Å². The summed E-state index contributed by atoms with van der Waals surface area (Å²) in [5.74, 6) is 1.01. The first-order valence-corrected chi connectivity index (χ1v) is 8.93. The summed E-state index contributed by atoms with van der Waals surface area (Å²) in [6, 6.07) is 1.81. The van der Waals surface area contributed by atoms with Gasteiger partial charge in [-0.05, 0) is 18.9 Å². The van der Waals surface area contributed by atoms with Gasteiger partial charge in [-0.2, -0.15) is 0 Å². The fourth-order valence-electron chi connectivity index (χ4n) is 3.82. The van der Waals surface area contributed by atoms with Crippen molar-refractivity contribution in [2.24, 2.45) is 5.92 Å². The SMILES string of the molecule is O=C(C1CC=CC1)N1CCO[C@]2(COCCN(c3ncccn3)C2)C1. The summed E-state index contributed by atoms with van der Waals surface area (Å²) < 4.78 is 12.0. The molecule has 0 N–H and O–H groups in total. The van der Waals surface area contributed by atoms with E-state index in [9.17, 15) is 4.79 Å². The van der Waals surface area contributed by atoms with Gasteiger partial charge in [0.15, 0.2) is 0 Å². The van der Waals surface area contributed by atoms with Gasteiger partial charge in [0.05, 0.1) is 32.9 Å². The van der Waals surface area contributed by atoms with Crippen molar-refractivity contribution in [3.63, 3.8) is 0 Å². The smallest absolute Gasteiger partial charge is 0.226 e. The minimum Gasteiger partial charge on any atom is -0.376 e. The molecule has 7 nitrogen and oxygen atoms in total. The Morgan fingerprint density at radius 2 is 1.92 bits per heavy atom. The molecule has 0 unspecified atom stereocenters. The van der Waals surface area contributed by atoms with E-state index < -0.39 is 5.60 Å². The van der Waals surface area contributed by atoms with E-state index in [0.717, 1.165) is 19.4 Å². The molecule has 3 heterocycles. The number of morpholine rings is 1. The van der Waals surface area contributed by atoms with Crippen molar-refractivity contribution in [3.05, 3.63) is 30.6 Å². The van der Waals surface area contributed by atoms with Gasteiger partial charge in [0, 0.05) is 31.4 Å². The van der Waals surface area contributed by atoms with Crippen LogP contribution in [0.3, 0.4) is 0 Å². The Morgan fingerprint density at radius 3 is 2.72 bits per heavy atom. The normalized spacial score (nSPS) is 27.7. The predicted octanol–water partition coefficient (Wildman–Crippen LogP) is 0.877. The van der Waals surface area contributed by atoms with Gasteiger partial charge in [0.25, 0.3) is 0 Å². The molecule has 1 atom stereocenters. The molecule has 0 radical (unpaired) electrons. The van der Waals surface area contributed by atoms with Crippen LogP contribution in [0, 0.1) is 5.92 Å². The molecule has 7 heteroatoms. The molecule has 0 saturated carbocycles. The zero-order valence-corrected chi connectivity index (χ0v) is 14.3. The molecule has 134 valence electrons. The maximum Gasteiger partial charge on any atom is 0.226 e. The van der Waals surface area contributed by atoms with Gasteiger partial charge in [-0.25, -0.2) is 9.97 Å². The van der Waals surface area contributed by atoms with Gasteiger partial charge in [-0.15, -0.1) is 0 Å². The van der Waals surface area contributed by atoms with E-state index in [1.807, 2.05) is 4.90 Å². The van der Waals surface area contributed by atoms with Crippen molar-refractivity contribution in [1.82, 2.24) is 14.9 Å². The second kappa shape index (κ2) is 7.09. The van der Waals surface area contributed by atoms with Crippen LogP contribution in [-0.4, -0.2) is 72.4 Å². The summed E-state index contributed by atoms with van der Waals surface area (Å²) in [5.41, 5.74) is -0.518. The molecular weight excluding hydrogens is 320 g/mol. The lowest BCUT2D eigenvalue weighted by atomic mass is 9.99. The van der Waals surface area contributed by atoms with Gasteiger partial charge in [-0.3, -0.25) is 4.79 Å². The first-order valence-electron chi connectivity index (χ1n) is 8.93. The number of aromatic nitrogens is 2. The molecule has 4 rings (SSSR count). The average molecular weight is 344 g/mol. The number of nitrogens with zero attached hydrogens (tertiary/aromatic N) is 4. The number of carbonyl (C=O) groups excluding carboxylic acids is 1. The third-order valence-corrected chi connectivity index (χ3v) is 5.10. The van der Waals surface area contributed by atoms with Crippen LogP contribution in [0.4, 0.5) is 5.95 Å². The lowest BCUT2D eigenvalue weighted by Gasteiger charge is -2.43. The highest BCUT2D eigenvalue weighted by Crippen LogP contribution is 2.27. The van der Waals surface area contributed by atoms with Gasteiger partial charge in [0.1, 0.15) is 5.60 Å². The van der Waals surface area contributed by atoms with Crippen LogP contribution in [0.2, 0.25) is 0 Å². The summed E-state index contributed by atoms with van der Waals surface area (Å²) in [6.07, 6.45) is 9.38. The third-order valence-electron chi connectivity index (χ3n) is 5.10. The van der Waals surface area contributed by atoms with Crippen molar-refractivity contribution >= 4 is 11.9 Å². The van der Waals surface area contributed by atoms with Gasteiger partial charge >= 0.3 is 0 Å². The number of anilines is 1. The van der Waals surface area contributed by atoms with Crippen molar-refractivity contribution in [2.45, 2.75) is 18.4 Å². The summed E-state index contributed by atoms with van der Waals surface area (Å²) in [4.78, 5) is 25.6. The van der Waals surface area contributed by atoms with Crippen LogP contribution in [0.1, 0.15) is 12.8 Å². The van der Waals surface area contributed by atoms with E-state index in [1.165, 1.54) is 0 Å². The lowest BCUT2D eigenvalue weighted by Crippen LogP contribution is -2.60. The molecule has 1 aliphatic carbocycles. The Labute approximate surface area is 147 Å². The minimum atomic E-state index is -0.518. The van der Waals surface area contributed by atoms with Crippen LogP contribution in [-0.2, 0) is 14.3 Å². The number of hydrogen-bond donors (Lipinski definition) is 0. The maximum atomic E-state index is 12.8. The minimum absolute atomic E-state index is 0.0930. The summed E-state index contributed by atoms with van der Waals surface area (Å²) in [6.45, 7) is 4.19. The number of allylic oxidation sites excluding steroid dienone is 2. The molecule has 0 bridgehead atoms. The van der Waals surface area contributed by atoms with Crippen molar-refractivity contribution < 1.29 is 14.3 Å². The molecule has 0 aromatic carbocycles. The van der Waals surface area contributed by atoms with Crippen molar-refractivity contribution in [3.8, 4) is 0 Å². The summed E-state index contributed by atoms with van der Waals surface area (Å²) >= 11 is 0. The van der Waals surface area contributed by atoms with E-state index in [-0.39, 0.29) is 11.8 Å². The fraction of sp³-hybridized carbons (Fsp3) is 0.611. The Kier molecular flexibility index (Phi) is 4.67. The fourth-order valence-corrected chi connectivity index (χ4v) is 3.82. The van der Waals surface area contributed by atoms with Gasteiger partial charge in [-0.1, -0.05) is 12.2 Å². The Morgan fingerprint density at radius 1 is 1.12 bits per heavy atom. The second-order valence-electron chi connectivity index (χ2n) is 6.95. The molecular formula is C18H24N4O3. The quantitative estimate of drug-likeness (QED) is 0.742. The lowest BCUT2D eigenvalue weighted by molar-refractivity contribution is -0.160. The predicted molar refractivity (Wildman–Crippen MR) is 92.2 cm³/mol. The first-order chi connectivity index (χ1) is 12.3. The van der Waals surface area contributed by atoms with Crippen LogP contribution >= 0.6 is 0 Å². The number of amides is 1. The summed E-state index contributed by atoms with van der Waals surface area (Å²) in [7, 11) is 0. The molecule has 2 aliphatic heterocycles. The zero-order chi connectivity index (χ0) is 17.1. The van der Waals surface area contributed by atoms with Crippen LogP contribution < -0.4 is 4.90 Å². The molecule has 1 amide bonds. The van der Waals surface area contributed by atoms with Crippen molar-refractivity contribution in [1.29, 1.82) is 0 Å². The average Bonchev–Trinajstić information content (AvgIpc) is 3.12. The van der Waals surface area contributed by atoms with E-state index in [2.05, 4.69) is 27.0 Å². The Hall–Kier alpha value is -1.99. The number of rotatable bonds is 2. The molecule has 25 heavy (non-hydrogen) atoms. The van der Waals surface area contributed by atoms with Crippen LogP contribution in [0.5, 0.6) is 0 Å². The topological polar surface area (TPSA) is 67.8 Å². The third kappa shape index (κ3) is 3.52. The van der Waals surface area contributed by atoms with Crippen molar-refractivity contribution in [2.75, 3.05) is 50.9 Å². The zero-order valence-electron chi connectivity index (χ0n) is 14.3. The van der Waals surface area contributed by atoms with Gasteiger partial charge < -0.3 is 19.3 Å². The second-order valence-corrected chi connectivity index (χ2v) is 6.95. The molecule has 1 aromatic heterocycles. The highest BCUT2D eigenvalue weighted by atomic mass is 16.5. The number of hydrogen-bond acceptors (Lipinski definition) is 6. The van der Waals surface area contributed by atoms with E-state index in [4.69, 9.17) is 9.47 Å². The largest absolute Gasteiger partial charge is 0.376 e. The maximum absolute atomic E-state index is 12.8. The standard InChI is InChI=1S/C18H24N4O3/c23-16(15-4-1-2-5-15)21-9-11-25-18(12-21)13-22(8-10-24-14-18)17-19-6-3-7-20-17/h1-3,6-7,15H,4-5,8-14H2/t18-/m1/s1. The number of carbonyl (C=O) groups is 1. The molecule has 2 fully saturated rings. The Bertz CT molecular complexity index is 630. The highest BCUT2D eigenvalue weighted by molar-refractivity contribution is 5.80. The molecule has 1 aromatic rings. The molecule has 2 saturated heterocycles. The Balaban J connectivity index is 1.49. The summed E-state index contributed by atoms with van der Waals surface area (Å²) in [5, 5.41) is 0. The van der Waals surface area contributed by atoms with Crippen LogP contribution in [0.15, 0.2) is 30.6 Å². The monoisotopic (exact) mass is 344 g/mol.